The first-order valence-electron chi connectivity index (χ1n) is 10.1. The van der Waals surface area contributed by atoms with Gasteiger partial charge in [-0.2, -0.15) is 0 Å². The first-order valence-corrected chi connectivity index (χ1v) is 10.5. The summed E-state index contributed by atoms with van der Waals surface area (Å²) < 4.78 is 12.1. The Morgan fingerprint density at radius 2 is 1.41 bits per heavy atom. The normalized spacial score (nSPS) is 20.9. The molecule has 29 heavy (non-hydrogen) atoms. The zero-order valence-corrected chi connectivity index (χ0v) is 17.2. The van der Waals surface area contributed by atoms with Crippen LogP contribution in [-0.4, -0.2) is 18.2 Å². The van der Waals surface area contributed by atoms with Gasteiger partial charge in [0.15, 0.2) is 0 Å². The minimum atomic E-state index is 0.397. The van der Waals surface area contributed by atoms with Gasteiger partial charge in [-0.05, 0) is 41.5 Å². The molecule has 150 valence electrons. The van der Waals surface area contributed by atoms with E-state index >= 15 is 0 Å². The molecule has 4 heteroatoms. The Morgan fingerprint density at radius 3 is 2.00 bits per heavy atom. The van der Waals surface area contributed by atoms with Crippen molar-refractivity contribution in [1.82, 2.24) is 4.98 Å². The van der Waals surface area contributed by atoms with E-state index in [2.05, 4.69) is 29.2 Å². The smallest absolute Gasteiger partial charge is 0.0717 e. The molecule has 3 aromatic rings. The van der Waals surface area contributed by atoms with Crippen molar-refractivity contribution in [1.29, 1.82) is 0 Å². The van der Waals surface area contributed by atoms with Gasteiger partial charge in [-0.3, -0.25) is 4.98 Å². The van der Waals surface area contributed by atoms with Crippen molar-refractivity contribution in [2.75, 3.05) is 13.2 Å². The van der Waals surface area contributed by atoms with Gasteiger partial charge in [0, 0.05) is 17.8 Å². The Hall–Kier alpha value is -2.20. The summed E-state index contributed by atoms with van der Waals surface area (Å²) >= 11 is 6.01. The molecule has 2 aromatic carbocycles. The van der Waals surface area contributed by atoms with Crippen molar-refractivity contribution in [2.24, 2.45) is 11.8 Å². The van der Waals surface area contributed by atoms with E-state index in [9.17, 15) is 0 Å². The Morgan fingerprint density at radius 1 is 0.793 bits per heavy atom. The summed E-state index contributed by atoms with van der Waals surface area (Å²) in [6, 6.07) is 24.6. The second kappa shape index (κ2) is 10.0. The van der Waals surface area contributed by atoms with Crippen LogP contribution in [0.3, 0.4) is 0 Å². The first kappa shape index (κ1) is 20.1. The maximum atomic E-state index is 6.08. The number of pyridine rings is 1. The van der Waals surface area contributed by atoms with E-state index in [-0.39, 0.29) is 0 Å². The summed E-state index contributed by atoms with van der Waals surface area (Å²) in [6.45, 7) is 2.75. The Bertz CT molecular complexity index is 870. The molecule has 0 amide bonds. The zero-order chi connectivity index (χ0) is 19.9. The third-order valence-electron chi connectivity index (χ3n) is 5.67. The number of ether oxygens (including phenoxy) is 2. The number of nitrogens with zero attached hydrogens (tertiary/aromatic N) is 1. The number of hydrogen-bond donors (Lipinski definition) is 0. The first-order chi connectivity index (χ1) is 14.3. The minimum Gasteiger partial charge on any atom is -0.376 e. The molecule has 0 bridgehead atoms. The van der Waals surface area contributed by atoms with Crippen molar-refractivity contribution in [3.8, 4) is 0 Å². The predicted molar refractivity (Wildman–Crippen MR) is 116 cm³/mol. The van der Waals surface area contributed by atoms with Crippen molar-refractivity contribution in [3.63, 3.8) is 0 Å². The van der Waals surface area contributed by atoms with E-state index in [1.165, 1.54) is 11.1 Å². The van der Waals surface area contributed by atoms with Crippen LogP contribution in [-0.2, 0) is 22.7 Å². The summed E-state index contributed by atoms with van der Waals surface area (Å²) in [5, 5.41) is 0.674. The van der Waals surface area contributed by atoms with Gasteiger partial charge >= 0.3 is 0 Å². The van der Waals surface area contributed by atoms with Gasteiger partial charge in [0.25, 0.3) is 0 Å². The Kier molecular flexibility index (Phi) is 6.94. The number of hydrogen-bond acceptors (Lipinski definition) is 3. The van der Waals surface area contributed by atoms with Crippen LogP contribution in [0.5, 0.6) is 0 Å². The average Bonchev–Trinajstić information content (AvgIpc) is 2.76. The summed E-state index contributed by atoms with van der Waals surface area (Å²) in [6.07, 6.45) is 2.81. The molecule has 1 saturated carbocycles. The van der Waals surface area contributed by atoms with Crippen LogP contribution in [0.15, 0.2) is 79.0 Å². The van der Waals surface area contributed by atoms with E-state index in [0.29, 0.717) is 42.6 Å². The van der Waals surface area contributed by atoms with Crippen LogP contribution in [0.2, 0.25) is 5.02 Å². The average molecular weight is 408 g/mol. The van der Waals surface area contributed by atoms with Gasteiger partial charge < -0.3 is 9.47 Å². The molecule has 0 aliphatic heterocycles. The standard InChI is InChI=1S/C25H26ClNO2/c26-22-11-12-25(27-14-22)23-13-21(17-28-15-19-7-3-1-4-8-19)24(23)18-29-16-20-9-5-2-6-10-20/h1-12,14,21,23-24H,13,15-18H2. The molecule has 1 aliphatic rings. The van der Waals surface area contributed by atoms with Gasteiger partial charge in [-0.25, -0.2) is 0 Å². The van der Waals surface area contributed by atoms with Gasteiger partial charge in [0.1, 0.15) is 0 Å². The maximum absolute atomic E-state index is 6.08. The van der Waals surface area contributed by atoms with Crippen LogP contribution in [0.4, 0.5) is 0 Å². The molecule has 3 nitrogen and oxygen atoms in total. The third kappa shape index (κ3) is 5.45. The highest BCUT2D eigenvalue weighted by Gasteiger charge is 2.42. The van der Waals surface area contributed by atoms with Gasteiger partial charge in [-0.1, -0.05) is 72.3 Å². The molecule has 3 atom stereocenters. The fourth-order valence-corrected chi connectivity index (χ4v) is 4.10. The minimum absolute atomic E-state index is 0.397. The second-order valence-corrected chi connectivity index (χ2v) is 8.11. The van der Waals surface area contributed by atoms with E-state index in [1.807, 2.05) is 48.5 Å². The highest BCUT2D eigenvalue weighted by molar-refractivity contribution is 6.30. The molecular weight excluding hydrogens is 382 g/mol. The number of aromatic nitrogens is 1. The summed E-state index contributed by atoms with van der Waals surface area (Å²) in [7, 11) is 0. The fourth-order valence-electron chi connectivity index (χ4n) is 3.99. The van der Waals surface area contributed by atoms with E-state index in [0.717, 1.165) is 18.7 Å². The lowest BCUT2D eigenvalue weighted by Crippen LogP contribution is -2.41. The molecule has 0 spiro atoms. The molecule has 3 unspecified atom stereocenters. The number of benzene rings is 2. The number of rotatable bonds is 9. The van der Waals surface area contributed by atoms with Crippen LogP contribution in [0, 0.1) is 11.8 Å². The SMILES string of the molecule is Clc1ccc(C2CC(COCc3ccccc3)C2COCc2ccccc2)nc1. The van der Waals surface area contributed by atoms with Crippen molar-refractivity contribution in [3.05, 3.63) is 101 Å². The highest BCUT2D eigenvalue weighted by atomic mass is 35.5. The molecule has 0 radical (unpaired) electrons. The molecule has 4 rings (SSSR count). The zero-order valence-electron chi connectivity index (χ0n) is 16.4. The monoisotopic (exact) mass is 407 g/mol. The van der Waals surface area contributed by atoms with Crippen LogP contribution < -0.4 is 0 Å². The largest absolute Gasteiger partial charge is 0.376 e. The summed E-state index contributed by atoms with van der Waals surface area (Å²) in [4.78, 5) is 4.55. The lowest BCUT2D eigenvalue weighted by atomic mass is 9.64. The van der Waals surface area contributed by atoms with E-state index in [4.69, 9.17) is 21.1 Å². The molecule has 1 aromatic heterocycles. The predicted octanol–water partition coefficient (Wildman–Crippen LogP) is 5.89. The second-order valence-electron chi connectivity index (χ2n) is 7.67. The fraction of sp³-hybridized carbons (Fsp3) is 0.320. The lowest BCUT2D eigenvalue weighted by Gasteiger charge is -2.44. The number of halogens is 1. The van der Waals surface area contributed by atoms with Crippen LogP contribution in [0.25, 0.3) is 0 Å². The molecule has 0 saturated heterocycles. The van der Waals surface area contributed by atoms with Crippen molar-refractivity contribution < 1.29 is 9.47 Å². The van der Waals surface area contributed by atoms with E-state index in [1.54, 1.807) is 6.20 Å². The molecular formula is C25H26ClNO2. The topological polar surface area (TPSA) is 31.4 Å². The summed E-state index contributed by atoms with van der Waals surface area (Å²) in [5.74, 6) is 1.29. The summed E-state index contributed by atoms with van der Waals surface area (Å²) in [5.41, 5.74) is 3.51. The van der Waals surface area contributed by atoms with E-state index < -0.39 is 0 Å². The Balaban J connectivity index is 1.34. The molecule has 1 heterocycles. The van der Waals surface area contributed by atoms with Crippen molar-refractivity contribution >= 4 is 11.6 Å². The molecule has 1 fully saturated rings. The van der Waals surface area contributed by atoms with Gasteiger partial charge in [-0.15, -0.1) is 0 Å². The molecule has 1 aliphatic carbocycles. The van der Waals surface area contributed by atoms with Crippen LogP contribution in [0.1, 0.15) is 29.2 Å². The van der Waals surface area contributed by atoms with Gasteiger partial charge in [0.05, 0.1) is 31.5 Å². The Labute approximate surface area is 177 Å². The third-order valence-corrected chi connectivity index (χ3v) is 5.90. The highest BCUT2D eigenvalue weighted by Crippen LogP contribution is 2.47. The van der Waals surface area contributed by atoms with Gasteiger partial charge in [0.2, 0.25) is 0 Å². The van der Waals surface area contributed by atoms with Crippen LogP contribution >= 0.6 is 11.6 Å². The lowest BCUT2D eigenvalue weighted by molar-refractivity contribution is -0.0394. The molecule has 0 N–H and O–H groups in total. The van der Waals surface area contributed by atoms with Crippen molar-refractivity contribution in [2.45, 2.75) is 25.6 Å². The quantitative estimate of drug-likeness (QED) is 0.443. The maximum Gasteiger partial charge on any atom is 0.0717 e.